The van der Waals surface area contributed by atoms with E-state index in [0.29, 0.717) is 12.2 Å². The number of nitrogens with one attached hydrogen (secondary N) is 1. The van der Waals surface area contributed by atoms with Crippen molar-refractivity contribution in [1.29, 1.82) is 0 Å². The van der Waals surface area contributed by atoms with Gasteiger partial charge in [0.2, 0.25) is 5.82 Å². The summed E-state index contributed by atoms with van der Waals surface area (Å²) in [5.41, 5.74) is 8.46. The van der Waals surface area contributed by atoms with Gasteiger partial charge in [-0.3, -0.25) is 4.79 Å². The first kappa shape index (κ1) is 25.3. The summed E-state index contributed by atoms with van der Waals surface area (Å²) in [5.74, 6) is 0.568. The largest absolute Gasteiger partial charge is 0.305 e. The molecule has 1 atom stereocenters. The van der Waals surface area contributed by atoms with Gasteiger partial charge >= 0.3 is 0 Å². The standard InChI is InChI=1S/C32H33N5O/c1-4-5-11-27-20-22(2)37(23(3)25-12-7-6-8-13-25)32(38)30(27)21-24-16-18-26(19-17-24)28-14-9-10-15-29(28)31-33-35-36-34-31/h6-10,12-20,23H,4-5,11,21H2,1-3H3,(H,33,34,35,36). The maximum atomic E-state index is 14.0. The lowest BCUT2D eigenvalue weighted by Crippen LogP contribution is -2.30. The van der Waals surface area contributed by atoms with Crippen molar-refractivity contribution >= 4 is 0 Å². The highest BCUT2D eigenvalue weighted by Crippen LogP contribution is 2.30. The van der Waals surface area contributed by atoms with Crippen LogP contribution < -0.4 is 5.56 Å². The maximum Gasteiger partial charge on any atom is 0.255 e. The molecule has 0 saturated heterocycles. The molecule has 6 heteroatoms. The van der Waals surface area contributed by atoms with E-state index in [4.69, 9.17) is 0 Å². The molecular formula is C32H33N5O. The maximum absolute atomic E-state index is 14.0. The van der Waals surface area contributed by atoms with E-state index in [9.17, 15) is 4.79 Å². The van der Waals surface area contributed by atoms with E-state index in [1.807, 2.05) is 41.0 Å². The van der Waals surface area contributed by atoms with Crippen molar-refractivity contribution in [2.75, 3.05) is 0 Å². The first-order valence-corrected chi connectivity index (χ1v) is 13.3. The van der Waals surface area contributed by atoms with Crippen molar-refractivity contribution in [3.63, 3.8) is 0 Å². The Bertz CT molecular complexity index is 1550. The number of hydrogen-bond donors (Lipinski definition) is 1. The molecule has 38 heavy (non-hydrogen) atoms. The molecular weight excluding hydrogens is 470 g/mol. The van der Waals surface area contributed by atoms with Gasteiger partial charge in [0.25, 0.3) is 5.56 Å². The highest BCUT2D eigenvalue weighted by molar-refractivity contribution is 5.80. The molecule has 0 bridgehead atoms. The fourth-order valence-electron chi connectivity index (χ4n) is 5.21. The molecule has 192 valence electrons. The second-order valence-electron chi connectivity index (χ2n) is 9.81. The number of rotatable bonds is 9. The molecule has 1 N–H and O–H groups in total. The van der Waals surface area contributed by atoms with Crippen molar-refractivity contribution in [2.24, 2.45) is 0 Å². The molecule has 0 aliphatic carbocycles. The van der Waals surface area contributed by atoms with Crippen LogP contribution in [-0.2, 0) is 12.8 Å². The number of tetrazole rings is 1. The van der Waals surface area contributed by atoms with Gasteiger partial charge in [-0.1, -0.05) is 92.2 Å². The van der Waals surface area contributed by atoms with Crippen LogP contribution >= 0.6 is 0 Å². The number of aromatic nitrogens is 5. The van der Waals surface area contributed by atoms with E-state index in [2.05, 4.69) is 89.9 Å². The van der Waals surface area contributed by atoms with E-state index in [0.717, 1.165) is 63.9 Å². The number of H-pyrrole nitrogens is 1. The second kappa shape index (κ2) is 11.4. The highest BCUT2D eigenvalue weighted by atomic mass is 16.1. The number of hydrogen-bond acceptors (Lipinski definition) is 4. The minimum Gasteiger partial charge on any atom is -0.305 e. The average Bonchev–Trinajstić information content (AvgIpc) is 3.49. The van der Waals surface area contributed by atoms with Crippen molar-refractivity contribution in [3.05, 3.63) is 123 Å². The summed E-state index contributed by atoms with van der Waals surface area (Å²) in [4.78, 5) is 14.0. The van der Waals surface area contributed by atoms with Gasteiger partial charge in [-0.15, -0.1) is 10.2 Å². The number of aryl methyl sites for hydroxylation is 2. The molecule has 0 amide bonds. The molecule has 0 aliphatic rings. The van der Waals surface area contributed by atoms with Gasteiger partial charge in [0, 0.05) is 23.2 Å². The van der Waals surface area contributed by atoms with Gasteiger partial charge in [0.05, 0.1) is 6.04 Å². The third kappa shape index (κ3) is 5.21. The number of aromatic amines is 1. The summed E-state index contributed by atoms with van der Waals surface area (Å²) in [7, 11) is 0. The molecule has 0 radical (unpaired) electrons. The lowest BCUT2D eigenvalue weighted by molar-refractivity contribution is 0.588. The molecule has 2 aromatic heterocycles. The van der Waals surface area contributed by atoms with Crippen molar-refractivity contribution in [3.8, 4) is 22.5 Å². The number of unbranched alkanes of at least 4 members (excludes halogenated alkanes) is 1. The Labute approximate surface area is 223 Å². The number of benzene rings is 3. The second-order valence-corrected chi connectivity index (χ2v) is 9.81. The summed E-state index contributed by atoms with van der Waals surface area (Å²) >= 11 is 0. The first-order valence-electron chi connectivity index (χ1n) is 13.3. The third-order valence-corrected chi connectivity index (χ3v) is 7.26. The normalized spacial score (nSPS) is 12.0. The SMILES string of the molecule is CCCCc1cc(C)n(C(C)c2ccccc2)c(=O)c1Cc1ccc(-c2ccccc2-c2nn[nH]n2)cc1. The molecule has 2 heterocycles. The molecule has 3 aromatic carbocycles. The monoisotopic (exact) mass is 503 g/mol. The van der Waals surface area contributed by atoms with Gasteiger partial charge in [-0.2, -0.15) is 5.21 Å². The van der Waals surface area contributed by atoms with E-state index in [-0.39, 0.29) is 11.6 Å². The molecule has 0 spiro atoms. The lowest BCUT2D eigenvalue weighted by atomic mass is 9.94. The van der Waals surface area contributed by atoms with Crippen LogP contribution in [0.1, 0.15) is 60.7 Å². The molecule has 1 unspecified atom stereocenters. The minimum atomic E-state index is -0.0355. The predicted molar refractivity (Wildman–Crippen MR) is 152 cm³/mol. The molecule has 0 aliphatic heterocycles. The summed E-state index contributed by atoms with van der Waals surface area (Å²) in [6, 6.07) is 28.9. The Morgan fingerprint density at radius 3 is 2.32 bits per heavy atom. The Balaban J connectivity index is 1.50. The number of pyridine rings is 1. The van der Waals surface area contributed by atoms with Gasteiger partial charge in [0.15, 0.2) is 0 Å². The van der Waals surface area contributed by atoms with Crippen LogP contribution in [0.15, 0.2) is 89.7 Å². The first-order chi connectivity index (χ1) is 18.6. The van der Waals surface area contributed by atoms with Crippen LogP contribution in [0.25, 0.3) is 22.5 Å². The smallest absolute Gasteiger partial charge is 0.255 e. The Morgan fingerprint density at radius 2 is 1.63 bits per heavy atom. The van der Waals surface area contributed by atoms with Crippen LogP contribution in [0, 0.1) is 6.92 Å². The Hall–Kier alpha value is -4.32. The minimum absolute atomic E-state index is 0.0355. The van der Waals surface area contributed by atoms with E-state index in [1.165, 1.54) is 0 Å². The van der Waals surface area contributed by atoms with Crippen LogP contribution in [0.3, 0.4) is 0 Å². The molecule has 5 aromatic rings. The summed E-state index contributed by atoms with van der Waals surface area (Å²) < 4.78 is 1.95. The van der Waals surface area contributed by atoms with Gasteiger partial charge in [0.1, 0.15) is 0 Å². The number of nitrogens with zero attached hydrogens (tertiary/aromatic N) is 4. The van der Waals surface area contributed by atoms with Crippen LogP contribution in [-0.4, -0.2) is 25.2 Å². The van der Waals surface area contributed by atoms with E-state index < -0.39 is 0 Å². The van der Waals surface area contributed by atoms with E-state index in [1.54, 1.807) is 0 Å². The highest BCUT2D eigenvalue weighted by Gasteiger charge is 2.18. The molecule has 6 nitrogen and oxygen atoms in total. The van der Waals surface area contributed by atoms with Gasteiger partial charge in [-0.25, -0.2) is 0 Å². The van der Waals surface area contributed by atoms with Gasteiger partial charge < -0.3 is 4.57 Å². The zero-order valence-electron chi connectivity index (χ0n) is 22.2. The molecule has 0 fully saturated rings. The summed E-state index contributed by atoms with van der Waals surface area (Å²) in [5, 5.41) is 14.6. The molecule has 5 rings (SSSR count). The summed E-state index contributed by atoms with van der Waals surface area (Å²) in [6.45, 7) is 6.35. The fraction of sp³-hybridized carbons (Fsp3) is 0.250. The lowest BCUT2D eigenvalue weighted by Gasteiger charge is -2.22. The molecule has 0 saturated carbocycles. The fourth-order valence-corrected chi connectivity index (χ4v) is 5.21. The zero-order valence-corrected chi connectivity index (χ0v) is 22.2. The van der Waals surface area contributed by atoms with Crippen LogP contribution in [0.2, 0.25) is 0 Å². The Kier molecular flexibility index (Phi) is 7.59. The van der Waals surface area contributed by atoms with Crippen LogP contribution in [0.5, 0.6) is 0 Å². The predicted octanol–water partition coefficient (Wildman–Crippen LogP) is 6.55. The van der Waals surface area contributed by atoms with Crippen molar-refractivity contribution < 1.29 is 0 Å². The average molecular weight is 504 g/mol. The topological polar surface area (TPSA) is 76.5 Å². The Morgan fingerprint density at radius 1 is 0.921 bits per heavy atom. The summed E-state index contributed by atoms with van der Waals surface area (Å²) in [6.07, 6.45) is 3.68. The zero-order chi connectivity index (χ0) is 26.5. The van der Waals surface area contributed by atoms with Crippen molar-refractivity contribution in [2.45, 2.75) is 52.5 Å². The van der Waals surface area contributed by atoms with Gasteiger partial charge in [-0.05, 0) is 65.8 Å². The van der Waals surface area contributed by atoms with Crippen molar-refractivity contribution in [1.82, 2.24) is 25.2 Å². The van der Waals surface area contributed by atoms with E-state index >= 15 is 0 Å². The quantitative estimate of drug-likeness (QED) is 0.248. The van der Waals surface area contributed by atoms with Crippen LogP contribution in [0.4, 0.5) is 0 Å². The third-order valence-electron chi connectivity index (χ3n) is 7.26.